The quantitative estimate of drug-likeness (QED) is 0.463. The van der Waals surface area contributed by atoms with E-state index >= 15 is 0 Å². The molecule has 3 aromatic rings. The number of rotatable bonds is 11. The molecule has 5 heteroatoms. The van der Waals surface area contributed by atoms with E-state index in [0.29, 0.717) is 12.8 Å². The fraction of sp³-hybridized carbons (Fsp3) is 0.259. The molecule has 0 fully saturated rings. The van der Waals surface area contributed by atoms with Gasteiger partial charge >= 0.3 is 11.9 Å². The van der Waals surface area contributed by atoms with E-state index in [0.717, 1.165) is 16.7 Å². The summed E-state index contributed by atoms with van der Waals surface area (Å²) in [6.07, 6.45) is 0.816. The van der Waals surface area contributed by atoms with Gasteiger partial charge < -0.3 is 9.47 Å². The largest absolute Gasteiger partial charge is 0.465 e. The van der Waals surface area contributed by atoms with Gasteiger partial charge in [0.1, 0.15) is 18.7 Å². The molecule has 0 unspecified atom stereocenters. The lowest BCUT2D eigenvalue weighted by atomic mass is 10.0. The topological polar surface area (TPSA) is 64.6 Å². The summed E-state index contributed by atoms with van der Waals surface area (Å²) in [6, 6.07) is 27.5. The van der Waals surface area contributed by atoms with E-state index in [4.69, 9.17) is 9.47 Å². The Kier molecular flexibility index (Phi) is 9.02. The monoisotopic (exact) mass is 431 g/mol. The molecule has 0 amide bonds. The van der Waals surface area contributed by atoms with E-state index in [1.807, 2.05) is 91.0 Å². The Bertz CT molecular complexity index is 961. The lowest BCUT2D eigenvalue weighted by Gasteiger charge is -2.24. The fourth-order valence-electron chi connectivity index (χ4n) is 3.44. The van der Waals surface area contributed by atoms with Crippen molar-refractivity contribution in [2.24, 2.45) is 0 Å². The Morgan fingerprint density at radius 1 is 0.656 bits per heavy atom. The summed E-state index contributed by atoms with van der Waals surface area (Å²) in [5, 5.41) is 3.22. The van der Waals surface area contributed by atoms with E-state index in [2.05, 4.69) is 5.32 Å². The Labute approximate surface area is 189 Å². The minimum atomic E-state index is -0.695. The SMILES string of the molecule is CCOC(=O)[C@H](Cc1ccccc1)N[C@@H](Cc1ccccc1)C(=O)OCc1ccccc1. The van der Waals surface area contributed by atoms with Crippen LogP contribution < -0.4 is 5.32 Å². The summed E-state index contributed by atoms with van der Waals surface area (Å²) in [5.41, 5.74) is 2.86. The van der Waals surface area contributed by atoms with Crippen molar-refractivity contribution in [2.75, 3.05) is 6.61 Å². The molecule has 1 N–H and O–H groups in total. The van der Waals surface area contributed by atoms with Crippen molar-refractivity contribution < 1.29 is 19.1 Å². The van der Waals surface area contributed by atoms with Gasteiger partial charge in [-0.1, -0.05) is 91.0 Å². The first-order valence-electron chi connectivity index (χ1n) is 10.9. The van der Waals surface area contributed by atoms with Crippen molar-refractivity contribution in [3.8, 4) is 0 Å². The van der Waals surface area contributed by atoms with Crippen molar-refractivity contribution >= 4 is 11.9 Å². The molecule has 0 spiro atoms. The normalized spacial score (nSPS) is 12.5. The predicted octanol–water partition coefficient (Wildman–Crippen LogP) is 4.11. The van der Waals surface area contributed by atoms with Crippen LogP contribution in [0.5, 0.6) is 0 Å². The third-order valence-electron chi connectivity index (χ3n) is 5.05. The number of carbonyl (C=O) groups excluding carboxylic acids is 2. The molecule has 5 nitrogen and oxygen atoms in total. The summed E-state index contributed by atoms with van der Waals surface area (Å²) < 4.78 is 10.9. The molecule has 0 heterocycles. The second-order valence-electron chi connectivity index (χ2n) is 7.50. The Morgan fingerprint density at radius 2 is 1.06 bits per heavy atom. The average Bonchev–Trinajstić information content (AvgIpc) is 2.83. The van der Waals surface area contributed by atoms with Gasteiger partial charge in [0.25, 0.3) is 0 Å². The maximum absolute atomic E-state index is 13.1. The molecule has 3 rings (SSSR count). The van der Waals surface area contributed by atoms with Crippen LogP contribution in [0.1, 0.15) is 23.6 Å². The molecule has 0 saturated carbocycles. The summed E-state index contributed by atoms with van der Waals surface area (Å²) in [7, 11) is 0. The molecule has 0 aliphatic heterocycles. The van der Waals surface area contributed by atoms with Crippen LogP contribution in [0.15, 0.2) is 91.0 Å². The van der Waals surface area contributed by atoms with Crippen LogP contribution >= 0.6 is 0 Å². The maximum Gasteiger partial charge on any atom is 0.323 e. The van der Waals surface area contributed by atoms with Crippen LogP contribution in [0, 0.1) is 0 Å². The Balaban J connectivity index is 1.77. The molecular formula is C27H29NO4. The molecule has 0 bridgehead atoms. The minimum absolute atomic E-state index is 0.176. The second kappa shape index (κ2) is 12.4. The number of benzene rings is 3. The molecule has 32 heavy (non-hydrogen) atoms. The maximum atomic E-state index is 13.1. The predicted molar refractivity (Wildman–Crippen MR) is 124 cm³/mol. The van der Waals surface area contributed by atoms with E-state index in [-0.39, 0.29) is 19.2 Å². The van der Waals surface area contributed by atoms with Crippen LogP contribution in [-0.2, 0) is 38.5 Å². The van der Waals surface area contributed by atoms with Crippen LogP contribution in [0.4, 0.5) is 0 Å². The minimum Gasteiger partial charge on any atom is -0.465 e. The van der Waals surface area contributed by atoms with Crippen LogP contribution in [0.25, 0.3) is 0 Å². The third-order valence-corrected chi connectivity index (χ3v) is 5.05. The van der Waals surface area contributed by atoms with Gasteiger partial charge in [-0.2, -0.15) is 0 Å². The molecule has 0 radical (unpaired) electrons. The van der Waals surface area contributed by atoms with Crippen molar-refractivity contribution in [3.05, 3.63) is 108 Å². The zero-order chi connectivity index (χ0) is 22.6. The highest BCUT2D eigenvalue weighted by Crippen LogP contribution is 2.11. The first-order valence-corrected chi connectivity index (χ1v) is 10.9. The van der Waals surface area contributed by atoms with E-state index < -0.39 is 18.1 Å². The van der Waals surface area contributed by atoms with Crippen molar-refractivity contribution in [2.45, 2.75) is 38.5 Å². The molecular weight excluding hydrogens is 402 g/mol. The smallest absolute Gasteiger partial charge is 0.323 e. The highest BCUT2D eigenvalue weighted by Gasteiger charge is 2.29. The van der Waals surface area contributed by atoms with E-state index in [1.165, 1.54) is 0 Å². The van der Waals surface area contributed by atoms with E-state index in [1.54, 1.807) is 6.92 Å². The molecule has 2 atom stereocenters. The summed E-state index contributed by atoms with van der Waals surface area (Å²) in [5.74, 6) is -0.787. The van der Waals surface area contributed by atoms with Gasteiger partial charge in [0.05, 0.1) is 6.61 Å². The molecule has 3 aromatic carbocycles. The lowest BCUT2D eigenvalue weighted by molar-refractivity contribution is -0.150. The number of ether oxygens (including phenoxy) is 2. The van der Waals surface area contributed by atoms with E-state index in [9.17, 15) is 9.59 Å². The number of esters is 2. The standard InChI is InChI=1S/C27H29NO4/c1-2-31-26(29)24(18-21-12-6-3-7-13-21)28-25(19-22-14-8-4-9-15-22)27(30)32-20-23-16-10-5-11-17-23/h3-17,24-25,28H,2,18-20H2,1H3/t24-,25-/m0/s1. The second-order valence-corrected chi connectivity index (χ2v) is 7.50. The van der Waals surface area contributed by atoms with Gasteiger partial charge in [-0.3, -0.25) is 14.9 Å². The van der Waals surface area contributed by atoms with Gasteiger partial charge in [-0.15, -0.1) is 0 Å². The highest BCUT2D eigenvalue weighted by molar-refractivity contribution is 5.80. The zero-order valence-electron chi connectivity index (χ0n) is 18.3. The van der Waals surface area contributed by atoms with Crippen molar-refractivity contribution in [1.82, 2.24) is 5.32 Å². The van der Waals surface area contributed by atoms with Gasteiger partial charge in [0.2, 0.25) is 0 Å². The highest BCUT2D eigenvalue weighted by atomic mass is 16.5. The average molecular weight is 432 g/mol. The number of hydrogen-bond donors (Lipinski definition) is 1. The van der Waals surface area contributed by atoms with Crippen molar-refractivity contribution in [1.29, 1.82) is 0 Å². The molecule has 0 aromatic heterocycles. The first-order chi connectivity index (χ1) is 15.7. The summed E-state index contributed by atoms with van der Waals surface area (Å²) >= 11 is 0. The number of hydrogen-bond acceptors (Lipinski definition) is 5. The number of carbonyl (C=O) groups is 2. The zero-order valence-corrected chi connectivity index (χ0v) is 18.3. The van der Waals surface area contributed by atoms with Crippen molar-refractivity contribution in [3.63, 3.8) is 0 Å². The first kappa shape index (κ1) is 23.2. The van der Waals surface area contributed by atoms with Crippen LogP contribution in [0.2, 0.25) is 0 Å². The molecule has 0 aliphatic carbocycles. The fourth-order valence-corrected chi connectivity index (χ4v) is 3.44. The molecule has 166 valence electrons. The summed E-state index contributed by atoms with van der Waals surface area (Å²) in [6.45, 7) is 2.22. The number of nitrogens with one attached hydrogen (secondary N) is 1. The molecule has 0 saturated heterocycles. The lowest BCUT2D eigenvalue weighted by Crippen LogP contribution is -2.50. The molecule has 0 aliphatic rings. The third kappa shape index (κ3) is 7.36. The van der Waals surface area contributed by atoms with Crippen LogP contribution in [-0.4, -0.2) is 30.6 Å². The van der Waals surface area contributed by atoms with Gasteiger partial charge in [0.15, 0.2) is 0 Å². The van der Waals surface area contributed by atoms with Gasteiger partial charge in [-0.25, -0.2) is 0 Å². The van der Waals surface area contributed by atoms with Gasteiger partial charge in [0, 0.05) is 0 Å². The summed E-state index contributed by atoms with van der Waals surface area (Å²) in [4.78, 5) is 25.8. The Hall–Kier alpha value is -3.44. The Morgan fingerprint density at radius 3 is 1.50 bits per heavy atom. The van der Waals surface area contributed by atoms with Gasteiger partial charge in [-0.05, 0) is 36.5 Å². The van der Waals surface area contributed by atoms with Crippen LogP contribution in [0.3, 0.4) is 0 Å².